The number of ketones is 2. The predicted molar refractivity (Wildman–Crippen MR) is 151 cm³/mol. The highest BCUT2D eigenvalue weighted by Crippen LogP contribution is 2.38. The van der Waals surface area contributed by atoms with E-state index in [1.807, 2.05) is 66.9 Å². The maximum atomic E-state index is 13.3. The van der Waals surface area contributed by atoms with E-state index in [9.17, 15) is 9.59 Å². The summed E-state index contributed by atoms with van der Waals surface area (Å²) in [5.41, 5.74) is 10.5. The van der Waals surface area contributed by atoms with E-state index in [4.69, 9.17) is 4.98 Å². The lowest BCUT2D eigenvalue weighted by Gasteiger charge is -2.10. The molecule has 0 atom stereocenters. The van der Waals surface area contributed by atoms with E-state index < -0.39 is 0 Å². The van der Waals surface area contributed by atoms with Gasteiger partial charge in [-0.05, 0) is 93.3 Å². The number of thiazole rings is 1. The van der Waals surface area contributed by atoms with Gasteiger partial charge in [0, 0.05) is 22.4 Å². The van der Waals surface area contributed by atoms with Crippen LogP contribution in [0, 0.1) is 34.6 Å². The molecule has 0 spiro atoms. The Kier molecular flexibility index (Phi) is 5.35. The number of allylic oxidation sites excluding steroid dienone is 1. The first-order valence-electron chi connectivity index (χ1n) is 12.3. The van der Waals surface area contributed by atoms with Crippen LogP contribution in [0.3, 0.4) is 0 Å². The Bertz CT molecular complexity index is 1740. The number of Topliss-reactive ketones (excluding diaryl/α,β-unsaturated/α-hetero) is 2. The number of aryl methyl sites for hydroxylation is 5. The molecular weight excluding hydrogens is 476 g/mol. The van der Waals surface area contributed by atoms with Gasteiger partial charge in [0.25, 0.3) is 0 Å². The van der Waals surface area contributed by atoms with Crippen LogP contribution in [0.4, 0.5) is 0 Å². The van der Waals surface area contributed by atoms with Crippen molar-refractivity contribution in [2.75, 3.05) is 0 Å². The number of carbonyl (C=O) groups excluding carboxylic acids is 2. The molecule has 0 fully saturated rings. The van der Waals surface area contributed by atoms with Gasteiger partial charge in [0.2, 0.25) is 0 Å². The molecule has 0 radical (unpaired) electrons. The number of para-hydroxylation sites is 1. The molecule has 1 aliphatic carbocycles. The van der Waals surface area contributed by atoms with Gasteiger partial charge in [-0.2, -0.15) is 0 Å². The average Bonchev–Trinajstić information content (AvgIpc) is 3.46. The molecule has 5 heteroatoms. The number of hydrogen-bond donors (Lipinski definition) is 0. The van der Waals surface area contributed by atoms with Crippen molar-refractivity contribution in [3.63, 3.8) is 0 Å². The van der Waals surface area contributed by atoms with Gasteiger partial charge >= 0.3 is 0 Å². The second-order valence-electron chi connectivity index (χ2n) is 9.92. The fourth-order valence-corrected chi connectivity index (χ4v) is 6.51. The molecule has 2 heterocycles. The Labute approximate surface area is 219 Å². The molecule has 5 aromatic rings. The van der Waals surface area contributed by atoms with Crippen LogP contribution >= 0.6 is 11.3 Å². The smallest absolute Gasteiger partial charge is 0.197 e. The number of benzene rings is 3. The van der Waals surface area contributed by atoms with Crippen LogP contribution in [-0.4, -0.2) is 21.1 Å². The van der Waals surface area contributed by atoms with Crippen LogP contribution in [0.1, 0.15) is 54.2 Å². The van der Waals surface area contributed by atoms with Crippen molar-refractivity contribution in [2.45, 2.75) is 34.6 Å². The third-order valence-corrected chi connectivity index (χ3v) is 8.20. The van der Waals surface area contributed by atoms with Crippen LogP contribution < -0.4 is 0 Å². The first-order chi connectivity index (χ1) is 17.7. The summed E-state index contributed by atoms with van der Waals surface area (Å²) in [7, 11) is 0. The molecule has 1 aliphatic rings. The monoisotopic (exact) mass is 502 g/mol. The molecule has 37 heavy (non-hydrogen) atoms. The van der Waals surface area contributed by atoms with E-state index in [-0.39, 0.29) is 17.1 Å². The summed E-state index contributed by atoms with van der Waals surface area (Å²) in [6.45, 7) is 10.3. The van der Waals surface area contributed by atoms with Crippen molar-refractivity contribution >= 4 is 39.3 Å². The van der Waals surface area contributed by atoms with Gasteiger partial charge in [-0.25, -0.2) is 4.98 Å². The predicted octanol–water partition coefficient (Wildman–Crippen LogP) is 7.76. The lowest BCUT2D eigenvalue weighted by atomic mass is 10.0. The topological polar surface area (TPSA) is 52.0 Å². The van der Waals surface area contributed by atoms with Gasteiger partial charge in [0.15, 0.2) is 17.2 Å². The Morgan fingerprint density at radius 2 is 1.35 bits per heavy atom. The molecule has 3 aromatic carbocycles. The summed E-state index contributed by atoms with van der Waals surface area (Å²) in [5, 5.41) is 0.968. The number of carbonyl (C=O) groups is 2. The number of rotatable bonds is 3. The maximum Gasteiger partial charge on any atom is 0.197 e. The summed E-state index contributed by atoms with van der Waals surface area (Å²) in [5.74, 6) is -0.432. The fourth-order valence-electron chi connectivity index (χ4n) is 5.34. The van der Waals surface area contributed by atoms with Gasteiger partial charge in [0.1, 0.15) is 5.01 Å². The van der Waals surface area contributed by atoms with Crippen molar-refractivity contribution in [2.24, 2.45) is 0 Å². The number of aromatic nitrogens is 2. The summed E-state index contributed by atoms with van der Waals surface area (Å²) < 4.78 is 3.05. The number of nitrogens with zero attached hydrogens (tertiary/aromatic N) is 2. The van der Waals surface area contributed by atoms with E-state index in [0.717, 1.165) is 43.4 Å². The zero-order chi connectivity index (χ0) is 26.0. The highest BCUT2D eigenvalue weighted by Gasteiger charge is 2.34. The molecule has 2 aromatic heterocycles. The second-order valence-corrected chi connectivity index (χ2v) is 10.9. The SMILES string of the molecule is Cc1cc(C)c(-c2nc3c(cc(C=C4C(=O)c5cc(C)c(C)cc5C4=O)n3-c3ccccc3)s2)c(C)c1. The molecule has 4 nitrogen and oxygen atoms in total. The van der Waals surface area contributed by atoms with Crippen LogP contribution in [0.25, 0.3) is 32.7 Å². The van der Waals surface area contributed by atoms with Crippen LogP contribution in [-0.2, 0) is 0 Å². The molecule has 0 N–H and O–H groups in total. The highest BCUT2D eigenvalue weighted by molar-refractivity contribution is 7.21. The molecule has 0 unspecified atom stereocenters. The fraction of sp³-hybridized carbons (Fsp3) is 0.156. The summed E-state index contributed by atoms with van der Waals surface area (Å²) in [6, 6.07) is 20.0. The van der Waals surface area contributed by atoms with E-state index >= 15 is 0 Å². The van der Waals surface area contributed by atoms with E-state index in [0.29, 0.717) is 11.1 Å². The zero-order valence-electron chi connectivity index (χ0n) is 21.5. The number of fused-ring (bicyclic) bond motifs is 2. The van der Waals surface area contributed by atoms with Gasteiger partial charge in [-0.3, -0.25) is 14.2 Å². The van der Waals surface area contributed by atoms with Crippen molar-refractivity contribution in [1.82, 2.24) is 9.55 Å². The lowest BCUT2D eigenvalue weighted by molar-refractivity contribution is 0.0990. The minimum atomic E-state index is -0.216. The molecule has 0 saturated carbocycles. The minimum Gasteiger partial charge on any atom is -0.294 e. The summed E-state index contributed by atoms with van der Waals surface area (Å²) >= 11 is 1.63. The largest absolute Gasteiger partial charge is 0.294 e. The van der Waals surface area contributed by atoms with Crippen LogP contribution in [0.15, 0.2) is 66.2 Å². The second kappa shape index (κ2) is 8.49. The van der Waals surface area contributed by atoms with Crippen LogP contribution in [0.2, 0.25) is 0 Å². The third-order valence-electron chi connectivity index (χ3n) is 7.19. The molecule has 0 saturated heterocycles. The third kappa shape index (κ3) is 3.69. The molecule has 0 aliphatic heterocycles. The first-order valence-corrected chi connectivity index (χ1v) is 13.1. The van der Waals surface area contributed by atoms with Gasteiger partial charge in [-0.15, -0.1) is 11.3 Å². The Morgan fingerprint density at radius 3 is 1.95 bits per heavy atom. The van der Waals surface area contributed by atoms with Gasteiger partial charge in [-0.1, -0.05) is 35.9 Å². The van der Waals surface area contributed by atoms with Crippen molar-refractivity contribution in [1.29, 1.82) is 0 Å². The van der Waals surface area contributed by atoms with Crippen molar-refractivity contribution < 1.29 is 9.59 Å². The maximum absolute atomic E-state index is 13.3. The molecule has 0 bridgehead atoms. The quantitative estimate of drug-likeness (QED) is 0.187. The Morgan fingerprint density at radius 1 is 0.757 bits per heavy atom. The summed E-state index contributed by atoms with van der Waals surface area (Å²) in [6.07, 6.45) is 1.73. The molecule has 0 amide bonds. The first kappa shape index (κ1) is 23.3. The zero-order valence-corrected chi connectivity index (χ0v) is 22.3. The Balaban J connectivity index is 1.55. The normalized spacial score (nSPS) is 13.1. The number of hydrogen-bond acceptors (Lipinski definition) is 4. The Hall–Kier alpha value is -4.09. The van der Waals surface area contributed by atoms with Gasteiger partial charge in [0.05, 0.1) is 16.0 Å². The average molecular weight is 503 g/mol. The highest BCUT2D eigenvalue weighted by atomic mass is 32.1. The van der Waals surface area contributed by atoms with E-state index in [1.165, 1.54) is 16.7 Å². The van der Waals surface area contributed by atoms with Gasteiger partial charge < -0.3 is 0 Å². The molecule has 182 valence electrons. The lowest BCUT2D eigenvalue weighted by Crippen LogP contribution is -2.03. The molecule has 6 rings (SSSR count). The van der Waals surface area contributed by atoms with Crippen molar-refractivity contribution in [3.8, 4) is 16.3 Å². The minimum absolute atomic E-state index is 0.202. The van der Waals surface area contributed by atoms with E-state index in [2.05, 4.69) is 32.9 Å². The van der Waals surface area contributed by atoms with Crippen LogP contribution in [0.5, 0.6) is 0 Å². The standard InChI is InChI=1S/C32H26N2O2S/c1-17-11-20(4)28(21(5)12-17)32-33-31-27(37-32)16-23(34(31)22-9-7-6-8-10-22)15-26-29(35)24-13-18(2)19(3)14-25(24)30(26)36/h6-16H,1-5H3. The van der Waals surface area contributed by atoms with Crippen molar-refractivity contribution in [3.05, 3.63) is 111 Å². The molecular formula is C32H26N2O2S. The van der Waals surface area contributed by atoms with E-state index in [1.54, 1.807) is 17.4 Å². The summed E-state index contributed by atoms with van der Waals surface area (Å²) in [4.78, 5) is 31.7.